The Kier molecular flexibility index (Phi) is 4.57. The van der Waals surface area contributed by atoms with Gasteiger partial charge < -0.3 is 5.11 Å². The molecular weight excluding hydrogens is 406 g/mol. The summed E-state index contributed by atoms with van der Waals surface area (Å²) < 4.78 is 0. The fraction of sp³-hybridized carbons (Fsp3) is 0.367. The molecule has 1 saturated carbocycles. The molecule has 3 aliphatic carbocycles. The highest BCUT2D eigenvalue weighted by molar-refractivity contribution is 5.80. The van der Waals surface area contributed by atoms with Gasteiger partial charge in [-0.05, 0) is 54.9 Å². The third-order valence-electron chi connectivity index (χ3n) is 9.08. The smallest absolute Gasteiger partial charge is 0.311 e. The third-order valence-corrected chi connectivity index (χ3v) is 9.08. The van der Waals surface area contributed by atoms with E-state index in [0.717, 1.165) is 19.4 Å². The molecular formula is C30H31NO2. The van der Waals surface area contributed by atoms with Crippen LogP contribution >= 0.6 is 0 Å². The van der Waals surface area contributed by atoms with Crippen LogP contribution in [0.4, 0.5) is 0 Å². The lowest BCUT2D eigenvalue weighted by atomic mass is 9.46. The molecule has 4 aliphatic rings. The van der Waals surface area contributed by atoms with Crippen molar-refractivity contribution in [2.75, 3.05) is 6.54 Å². The number of hydrogen-bond donors (Lipinski definition) is 1. The molecule has 168 valence electrons. The van der Waals surface area contributed by atoms with Crippen molar-refractivity contribution in [2.24, 2.45) is 11.3 Å². The predicted octanol–water partition coefficient (Wildman–Crippen LogP) is 6.09. The van der Waals surface area contributed by atoms with Crippen LogP contribution in [0.25, 0.3) is 0 Å². The number of aryl methyl sites for hydroxylation is 1. The number of fused-ring (bicyclic) bond motifs is 1. The molecule has 7 rings (SSSR count). The van der Waals surface area contributed by atoms with Gasteiger partial charge in [-0.3, -0.25) is 9.69 Å². The second-order valence-electron chi connectivity index (χ2n) is 10.5. The second kappa shape index (κ2) is 7.30. The van der Waals surface area contributed by atoms with E-state index in [1.165, 1.54) is 27.8 Å². The maximum atomic E-state index is 13.3. The fourth-order valence-corrected chi connectivity index (χ4v) is 7.69. The Morgan fingerprint density at radius 1 is 0.939 bits per heavy atom. The van der Waals surface area contributed by atoms with Crippen molar-refractivity contribution in [3.05, 3.63) is 107 Å². The number of aliphatic carboxylic acids is 1. The van der Waals surface area contributed by atoms with Crippen molar-refractivity contribution in [2.45, 2.75) is 50.6 Å². The lowest BCUT2D eigenvalue weighted by Crippen LogP contribution is -2.55. The Hall–Kier alpha value is -2.91. The molecule has 2 fully saturated rings. The van der Waals surface area contributed by atoms with Crippen molar-refractivity contribution in [3.8, 4) is 0 Å². The van der Waals surface area contributed by atoms with Crippen molar-refractivity contribution in [3.63, 3.8) is 0 Å². The standard InChI is InChI=1S/C30H31NO2/c1-20-12-14-22(15-13-20)29(2)27-25-16-17-26(24-11-7-6-10-23(24)25)30(27,28(32)33)19-31(29)18-21-8-4-3-5-9-21/h3-15,25-27H,16-19H2,1-2H3,(H,32,33). The normalized spacial score (nSPS) is 32.4. The van der Waals surface area contributed by atoms with E-state index in [-0.39, 0.29) is 23.3 Å². The molecule has 3 aromatic carbocycles. The van der Waals surface area contributed by atoms with Crippen LogP contribution in [0.5, 0.6) is 0 Å². The Bertz CT molecular complexity index is 1200. The van der Waals surface area contributed by atoms with Gasteiger partial charge in [-0.2, -0.15) is 0 Å². The Morgan fingerprint density at radius 3 is 2.30 bits per heavy atom. The zero-order chi connectivity index (χ0) is 22.8. The van der Waals surface area contributed by atoms with Gasteiger partial charge >= 0.3 is 5.97 Å². The monoisotopic (exact) mass is 437 g/mol. The van der Waals surface area contributed by atoms with E-state index in [0.29, 0.717) is 6.54 Å². The first-order valence-corrected chi connectivity index (χ1v) is 12.1. The van der Waals surface area contributed by atoms with E-state index in [2.05, 4.69) is 91.5 Å². The van der Waals surface area contributed by atoms with E-state index in [1.54, 1.807) is 0 Å². The molecule has 1 aliphatic heterocycles. The number of benzene rings is 3. The minimum absolute atomic E-state index is 0.0302. The first-order valence-electron chi connectivity index (χ1n) is 12.1. The number of likely N-dealkylation sites (tertiary alicyclic amines) is 1. The van der Waals surface area contributed by atoms with Crippen molar-refractivity contribution >= 4 is 5.97 Å². The van der Waals surface area contributed by atoms with Gasteiger partial charge in [0.25, 0.3) is 0 Å². The molecule has 33 heavy (non-hydrogen) atoms. The largest absolute Gasteiger partial charge is 0.481 e. The van der Waals surface area contributed by atoms with Crippen LogP contribution in [0.3, 0.4) is 0 Å². The van der Waals surface area contributed by atoms with Gasteiger partial charge in [-0.25, -0.2) is 0 Å². The third kappa shape index (κ3) is 2.75. The lowest BCUT2D eigenvalue weighted by molar-refractivity contribution is -0.157. The van der Waals surface area contributed by atoms with Crippen LogP contribution in [0.2, 0.25) is 0 Å². The molecule has 5 unspecified atom stereocenters. The average Bonchev–Trinajstić information content (AvgIpc) is 3.12. The lowest BCUT2D eigenvalue weighted by Gasteiger charge is -2.55. The van der Waals surface area contributed by atoms with Crippen LogP contribution in [0, 0.1) is 18.3 Å². The fourth-order valence-electron chi connectivity index (χ4n) is 7.69. The number of carbonyl (C=O) groups is 1. The van der Waals surface area contributed by atoms with Gasteiger partial charge in [0.1, 0.15) is 0 Å². The maximum absolute atomic E-state index is 13.3. The summed E-state index contributed by atoms with van der Waals surface area (Å²) in [6, 6.07) is 28.0. The first-order chi connectivity index (χ1) is 16.0. The number of hydrogen-bond acceptors (Lipinski definition) is 2. The van der Waals surface area contributed by atoms with Crippen molar-refractivity contribution in [1.82, 2.24) is 4.90 Å². The van der Waals surface area contributed by atoms with Crippen LogP contribution in [-0.2, 0) is 16.9 Å². The molecule has 1 N–H and O–H groups in total. The molecule has 0 amide bonds. The Labute approximate surface area is 196 Å². The first kappa shape index (κ1) is 20.7. The molecule has 3 nitrogen and oxygen atoms in total. The summed E-state index contributed by atoms with van der Waals surface area (Å²) in [6.45, 7) is 5.77. The molecule has 0 radical (unpaired) electrons. The summed E-state index contributed by atoms with van der Waals surface area (Å²) in [5, 5.41) is 10.9. The van der Waals surface area contributed by atoms with Gasteiger partial charge in [0, 0.05) is 30.5 Å². The zero-order valence-corrected chi connectivity index (χ0v) is 19.4. The quantitative estimate of drug-likeness (QED) is 0.537. The summed E-state index contributed by atoms with van der Waals surface area (Å²) in [4.78, 5) is 15.8. The molecule has 2 bridgehead atoms. The Morgan fingerprint density at radius 2 is 1.61 bits per heavy atom. The van der Waals surface area contributed by atoms with E-state index in [9.17, 15) is 9.90 Å². The number of carboxylic acid groups (broad SMARTS) is 1. The van der Waals surface area contributed by atoms with E-state index in [1.807, 2.05) is 6.07 Å². The van der Waals surface area contributed by atoms with Gasteiger partial charge in [0.05, 0.1) is 5.41 Å². The van der Waals surface area contributed by atoms with E-state index < -0.39 is 11.4 Å². The molecule has 1 saturated heterocycles. The van der Waals surface area contributed by atoms with Crippen LogP contribution in [0.15, 0.2) is 78.9 Å². The summed E-state index contributed by atoms with van der Waals surface area (Å²) in [5.74, 6) is -0.269. The minimum atomic E-state index is -0.772. The minimum Gasteiger partial charge on any atom is -0.481 e. The summed E-state index contributed by atoms with van der Waals surface area (Å²) >= 11 is 0. The second-order valence-corrected chi connectivity index (χ2v) is 10.5. The average molecular weight is 438 g/mol. The van der Waals surface area contributed by atoms with E-state index >= 15 is 0 Å². The molecule has 1 heterocycles. The summed E-state index contributed by atoms with van der Waals surface area (Å²) in [7, 11) is 0. The summed E-state index contributed by atoms with van der Waals surface area (Å²) in [5.41, 5.74) is 5.23. The van der Waals surface area contributed by atoms with Crippen LogP contribution in [0.1, 0.15) is 59.4 Å². The topological polar surface area (TPSA) is 40.5 Å². The molecule has 0 aromatic heterocycles. The molecule has 5 atom stereocenters. The highest BCUT2D eigenvalue weighted by Crippen LogP contribution is 2.70. The van der Waals surface area contributed by atoms with Crippen LogP contribution in [-0.4, -0.2) is 22.5 Å². The molecule has 3 heteroatoms. The van der Waals surface area contributed by atoms with E-state index in [4.69, 9.17) is 0 Å². The van der Waals surface area contributed by atoms with Crippen molar-refractivity contribution < 1.29 is 9.90 Å². The van der Waals surface area contributed by atoms with Gasteiger partial charge in [0.2, 0.25) is 0 Å². The Balaban J connectivity index is 1.58. The number of nitrogens with zero attached hydrogens (tertiary/aromatic N) is 1. The van der Waals surface area contributed by atoms with Crippen LogP contribution < -0.4 is 0 Å². The SMILES string of the molecule is Cc1ccc(C2(C)C3C4CCC(c5ccccc54)C3(C(=O)O)CN2Cc2ccccc2)cc1. The zero-order valence-electron chi connectivity index (χ0n) is 19.4. The highest BCUT2D eigenvalue weighted by Gasteiger charge is 2.71. The van der Waals surface area contributed by atoms with Gasteiger partial charge in [0.15, 0.2) is 0 Å². The molecule has 0 spiro atoms. The van der Waals surface area contributed by atoms with Gasteiger partial charge in [-0.15, -0.1) is 0 Å². The highest BCUT2D eigenvalue weighted by atomic mass is 16.4. The molecule has 3 aromatic rings. The van der Waals surface area contributed by atoms with Crippen molar-refractivity contribution in [1.29, 1.82) is 0 Å². The maximum Gasteiger partial charge on any atom is 0.311 e. The number of carboxylic acids is 1. The van der Waals surface area contributed by atoms with Gasteiger partial charge in [-0.1, -0.05) is 84.4 Å². The number of rotatable bonds is 4. The predicted molar refractivity (Wildman–Crippen MR) is 130 cm³/mol. The summed E-state index contributed by atoms with van der Waals surface area (Å²) in [6.07, 6.45) is 2.04.